The summed E-state index contributed by atoms with van der Waals surface area (Å²) < 4.78 is 0.939. The Bertz CT molecular complexity index is 543. The third-order valence-corrected chi connectivity index (χ3v) is 3.12. The van der Waals surface area contributed by atoms with Gasteiger partial charge >= 0.3 is 6.03 Å². The molecule has 98 valence electrons. The van der Waals surface area contributed by atoms with Crippen molar-refractivity contribution in [1.82, 2.24) is 5.32 Å². The lowest BCUT2D eigenvalue weighted by molar-refractivity contribution is 0.252. The Morgan fingerprint density at radius 1 is 1.05 bits per heavy atom. The van der Waals surface area contributed by atoms with Gasteiger partial charge in [0.15, 0.2) is 0 Å². The average molecular weight is 319 g/mol. The van der Waals surface area contributed by atoms with Crippen LogP contribution >= 0.6 is 15.9 Å². The molecule has 2 N–H and O–H groups in total. The number of carbonyl (C=O) groups excluding carboxylic acids is 1. The molecule has 2 rings (SSSR count). The average Bonchev–Trinajstić information content (AvgIpc) is 2.40. The molecule has 19 heavy (non-hydrogen) atoms. The molecule has 0 unspecified atom stereocenters. The van der Waals surface area contributed by atoms with E-state index in [0.29, 0.717) is 6.54 Å². The van der Waals surface area contributed by atoms with Gasteiger partial charge in [0.25, 0.3) is 0 Å². The molecule has 0 saturated carbocycles. The summed E-state index contributed by atoms with van der Waals surface area (Å²) in [4.78, 5) is 11.7. The van der Waals surface area contributed by atoms with Crippen LogP contribution in [0.2, 0.25) is 0 Å². The van der Waals surface area contributed by atoms with E-state index in [-0.39, 0.29) is 6.03 Å². The Labute approximate surface area is 121 Å². The number of hydrogen-bond acceptors (Lipinski definition) is 1. The van der Waals surface area contributed by atoms with Gasteiger partial charge in [-0.15, -0.1) is 0 Å². The molecule has 0 atom stereocenters. The highest BCUT2D eigenvalue weighted by atomic mass is 79.9. The zero-order valence-electron chi connectivity index (χ0n) is 10.4. The number of nitrogens with one attached hydrogen (secondary N) is 2. The van der Waals surface area contributed by atoms with Crippen LogP contribution in [0.1, 0.15) is 5.56 Å². The highest BCUT2D eigenvalue weighted by Gasteiger charge is 2.01. The van der Waals surface area contributed by atoms with E-state index in [1.165, 1.54) is 5.56 Å². The van der Waals surface area contributed by atoms with Crippen LogP contribution in [-0.4, -0.2) is 12.6 Å². The van der Waals surface area contributed by atoms with Gasteiger partial charge in [0.1, 0.15) is 0 Å². The van der Waals surface area contributed by atoms with Gasteiger partial charge in [-0.2, -0.15) is 0 Å². The number of amides is 2. The summed E-state index contributed by atoms with van der Waals surface area (Å²) in [6.45, 7) is 0.615. The minimum absolute atomic E-state index is 0.186. The Hall–Kier alpha value is -1.81. The number of hydrogen-bond donors (Lipinski definition) is 2. The fourth-order valence-corrected chi connectivity index (χ4v) is 2.11. The minimum Gasteiger partial charge on any atom is -0.338 e. The van der Waals surface area contributed by atoms with Crippen LogP contribution in [0.5, 0.6) is 0 Å². The molecule has 4 heteroatoms. The number of benzene rings is 2. The summed E-state index contributed by atoms with van der Waals surface area (Å²) in [5.41, 5.74) is 1.98. The largest absolute Gasteiger partial charge is 0.338 e. The van der Waals surface area contributed by atoms with Crippen molar-refractivity contribution in [3.8, 4) is 0 Å². The van der Waals surface area contributed by atoms with E-state index in [4.69, 9.17) is 0 Å². The molecule has 0 aromatic heterocycles. The Kier molecular flexibility index (Phi) is 4.98. The first-order chi connectivity index (χ1) is 9.24. The van der Waals surface area contributed by atoms with Gasteiger partial charge in [-0.1, -0.05) is 52.3 Å². The number of carbonyl (C=O) groups is 1. The summed E-state index contributed by atoms with van der Waals surface area (Å²) in [6.07, 6.45) is 0.826. The van der Waals surface area contributed by atoms with Gasteiger partial charge < -0.3 is 10.6 Å². The van der Waals surface area contributed by atoms with Crippen molar-refractivity contribution in [3.05, 3.63) is 64.6 Å². The van der Waals surface area contributed by atoms with Crippen molar-refractivity contribution in [3.63, 3.8) is 0 Å². The van der Waals surface area contributed by atoms with E-state index in [1.807, 2.05) is 54.6 Å². The number of halogens is 1. The molecule has 0 saturated heterocycles. The van der Waals surface area contributed by atoms with Gasteiger partial charge in [0.2, 0.25) is 0 Å². The molecule has 2 aromatic carbocycles. The quantitative estimate of drug-likeness (QED) is 0.884. The van der Waals surface area contributed by atoms with Gasteiger partial charge in [-0.3, -0.25) is 0 Å². The first-order valence-electron chi connectivity index (χ1n) is 6.08. The zero-order valence-corrected chi connectivity index (χ0v) is 12.0. The summed E-state index contributed by atoms with van der Waals surface area (Å²) >= 11 is 3.36. The normalized spacial score (nSPS) is 9.95. The van der Waals surface area contributed by atoms with E-state index >= 15 is 0 Å². The van der Waals surface area contributed by atoms with Crippen molar-refractivity contribution < 1.29 is 4.79 Å². The van der Waals surface area contributed by atoms with Crippen molar-refractivity contribution in [2.45, 2.75) is 6.42 Å². The van der Waals surface area contributed by atoms with Gasteiger partial charge in [0, 0.05) is 16.7 Å². The number of urea groups is 1. The standard InChI is InChI=1S/C15H15BrN2O/c16-13-7-4-8-14(11-13)18-15(19)17-10-9-12-5-2-1-3-6-12/h1-8,11H,9-10H2,(H2,17,18,19). The third kappa shape index (κ3) is 4.75. The predicted octanol–water partition coefficient (Wildman–Crippen LogP) is 3.81. The van der Waals surface area contributed by atoms with Crippen LogP contribution in [0.25, 0.3) is 0 Å². The molecule has 0 aliphatic heterocycles. The molecule has 0 aliphatic carbocycles. The van der Waals surface area contributed by atoms with E-state index in [1.54, 1.807) is 0 Å². The SMILES string of the molecule is O=C(NCCc1ccccc1)Nc1cccc(Br)c1. The predicted molar refractivity (Wildman–Crippen MR) is 81.3 cm³/mol. The van der Waals surface area contributed by atoms with Crippen LogP contribution in [-0.2, 0) is 6.42 Å². The van der Waals surface area contributed by atoms with Crippen molar-refractivity contribution >= 4 is 27.6 Å². The zero-order chi connectivity index (χ0) is 13.5. The van der Waals surface area contributed by atoms with Crippen LogP contribution in [0.4, 0.5) is 10.5 Å². The molecular weight excluding hydrogens is 304 g/mol. The van der Waals surface area contributed by atoms with E-state index < -0.39 is 0 Å². The second kappa shape index (κ2) is 6.95. The second-order valence-corrected chi connectivity index (χ2v) is 5.04. The molecule has 0 radical (unpaired) electrons. The van der Waals surface area contributed by atoms with Crippen LogP contribution in [0.3, 0.4) is 0 Å². The fourth-order valence-electron chi connectivity index (χ4n) is 1.71. The first kappa shape index (κ1) is 13.6. The summed E-state index contributed by atoms with van der Waals surface area (Å²) in [5, 5.41) is 5.62. The monoisotopic (exact) mass is 318 g/mol. The molecule has 0 aliphatic rings. The lowest BCUT2D eigenvalue weighted by atomic mass is 10.1. The van der Waals surface area contributed by atoms with Gasteiger partial charge in [0.05, 0.1) is 0 Å². The molecule has 0 heterocycles. The summed E-state index contributed by atoms with van der Waals surface area (Å²) in [6, 6.07) is 17.4. The highest BCUT2D eigenvalue weighted by Crippen LogP contribution is 2.15. The van der Waals surface area contributed by atoms with Crippen molar-refractivity contribution in [2.24, 2.45) is 0 Å². The lowest BCUT2D eigenvalue weighted by Crippen LogP contribution is -2.30. The van der Waals surface area contributed by atoms with E-state index in [2.05, 4.69) is 26.6 Å². The van der Waals surface area contributed by atoms with Gasteiger partial charge in [-0.25, -0.2) is 4.79 Å². The molecule has 2 amide bonds. The fraction of sp³-hybridized carbons (Fsp3) is 0.133. The maximum atomic E-state index is 11.7. The molecular formula is C15H15BrN2O. The smallest absolute Gasteiger partial charge is 0.319 e. The first-order valence-corrected chi connectivity index (χ1v) is 6.88. The maximum absolute atomic E-state index is 11.7. The molecule has 3 nitrogen and oxygen atoms in total. The minimum atomic E-state index is -0.186. The maximum Gasteiger partial charge on any atom is 0.319 e. The Balaban J connectivity index is 1.76. The second-order valence-electron chi connectivity index (χ2n) is 4.13. The number of rotatable bonds is 4. The van der Waals surface area contributed by atoms with Crippen molar-refractivity contribution in [2.75, 3.05) is 11.9 Å². The lowest BCUT2D eigenvalue weighted by Gasteiger charge is -2.08. The van der Waals surface area contributed by atoms with Crippen LogP contribution < -0.4 is 10.6 Å². The van der Waals surface area contributed by atoms with Crippen LogP contribution in [0, 0.1) is 0 Å². The van der Waals surface area contributed by atoms with Crippen molar-refractivity contribution in [1.29, 1.82) is 0 Å². The summed E-state index contributed by atoms with van der Waals surface area (Å²) in [7, 11) is 0. The highest BCUT2D eigenvalue weighted by molar-refractivity contribution is 9.10. The Morgan fingerprint density at radius 3 is 2.58 bits per heavy atom. The number of anilines is 1. The van der Waals surface area contributed by atoms with E-state index in [0.717, 1.165) is 16.6 Å². The molecule has 0 spiro atoms. The Morgan fingerprint density at radius 2 is 1.84 bits per heavy atom. The van der Waals surface area contributed by atoms with Crippen LogP contribution in [0.15, 0.2) is 59.1 Å². The third-order valence-electron chi connectivity index (χ3n) is 2.62. The van der Waals surface area contributed by atoms with Gasteiger partial charge in [-0.05, 0) is 30.2 Å². The molecule has 0 fully saturated rings. The topological polar surface area (TPSA) is 41.1 Å². The summed E-state index contributed by atoms with van der Waals surface area (Å²) in [5.74, 6) is 0. The van der Waals surface area contributed by atoms with E-state index in [9.17, 15) is 4.79 Å². The molecule has 0 bridgehead atoms. The molecule has 2 aromatic rings.